The summed E-state index contributed by atoms with van der Waals surface area (Å²) in [6.45, 7) is 2.76. The number of rotatable bonds is 4. The third-order valence-corrected chi connectivity index (χ3v) is 3.53. The lowest BCUT2D eigenvalue weighted by Crippen LogP contribution is -2.08. The number of hydrogen-bond donors (Lipinski definition) is 1. The van der Waals surface area contributed by atoms with E-state index in [1.807, 2.05) is 6.20 Å². The Balaban J connectivity index is 2.27. The molecule has 2 aromatic rings. The van der Waals surface area contributed by atoms with Crippen LogP contribution in [0.2, 0.25) is 0 Å². The van der Waals surface area contributed by atoms with Crippen LogP contribution in [0, 0.1) is 0 Å². The van der Waals surface area contributed by atoms with Crippen LogP contribution in [0.4, 0.5) is 0 Å². The predicted molar refractivity (Wildman–Crippen MR) is 64.2 cm³/mol. The molecule has 3 nitrogen and oxygen atoms in total. The lowest BCUT2D eigenvalue weighted by Gasteiger charge is -2.06. The molecule has 0 saturated heterocycles. The summed E-state index contributed by atoms with van der Waals surface area (Å²) in [6.07, 6.45) is 2.80. The molecule has 0 unspecified atom stereocenters. The van der Waals surface area contributed by atoms with Crippen LogP contribution in [0.3, 0.4) is 0 Å². The first-order chi connectivity index (χ1) is 7.72. The van der Waals surface area contributed by atoms with Gasteiger partial charge in [0.1, 0.15) is 5.69 Å². The Morgan fingerprint density at radius 1 is 1.50 bits per heavy atom. The van der Waals surface area contributed by atoms with Crippen LogP contribution in [0.25, 0.3) is 0 Å². The minimum atomic E-state index is -0.875. The first kappa shape index (κ1) is 11.0. The summed E-state index contributed by atoms with van der Waals surface area (Å²) in [5, 5.41) is 11.0. The number of aromatic nitrogens is 1. The minimum absolute atomic E-state index is 0.343. The maximum absolute atomic E-state index is 10.9. The maximum Gasteiger partial charge on any atom is 0.352 e. The van der Waals surface area contributed by atoms with Gasteiger partial charge in [-0.05, 0) is 35.6 Å². The first-order valence-electron chi connectivity index (χ1n) is 5.16. The molecule has 0 saturated carbocycles. The molecule has 0 amide bonds. The molecule has 2 heterocycles. The number of carboxylic acids is 1. The van der Waals surface area contributed by atoms with Crippen LogP contribution in [0.5, 0.6) is 0 Å². The van der Waals surface area contributed by atoms with Crippen LogP contribution in [-0.2, 0) is 13.0 Å². The zero-order valence-corrected chi connectivity index (χ0v) is 9.83. The molecule has 0 aliphatic rings. The van der Waals surface area contributed by atoms with Gasteiger partial charge < -0.3 is 9.67 Å². The van der Waals surface area contributed by atoms with Crippen LogP contribution in [0.15, 0.2) is 29.8 Å². The molecular formula is C12H13NO2S. The molecule has 0 fully saturated rings. The highest BCUT2D eigenvalue weighted by atomic mass is 32.1. The van der Waals surface area contributed by atoms with E-state index < -0.39 is 5.97 Å². The summed E-state index contributed by atoms with van der Waals surface area (Å²) in [5.74, 6) is -0.875. The standard InChI is InChI=1S/C12H13NO2S/c1-2-9-5-7-16-11(9)8-13-6-3-4-10(13)12(14)15/h3-7H,2,8H2,1H3,(H,14,15). The Hall–Kier alpha value is -1.55. The van der Waals surface area contributed by atoms with E-state index in [9.17, 15) is 4.79 Å². The van der Waals surface area contributed by atoms with Crippen molar-refractivity contribution >= 4 is 17.3 Å². The van der Waals surface area contributed by atoms with E-state index in [0.29, 0.717) is 12.2 Å². The fourth-order valence-electron chi connectivity index (χ4n) is 1.72. The Kier molecular flexibility index (Phi) is 3.10. The third kappa shape index (κ3) is 2.02. The van der Waals surface area contributed by atoms with Crippen molar-refractivity contribution in [2.24, 2.45) is 0 Å². The second-order valence-electron chi connectivity index (χ2n) is 3.55. The van der Waals surface area contributed by atoms with Crippen molar-refractivity contribution in [3.63, 3.8) is 0 Å². The van der Waals surface area contributed by atoms with Crippen molar-refractivity contribution in [3.8, 4) is 0 Å². The van der Waals surface area contributed by atoms with Gasteiger partial charge in [0, 0.05) is 11.1 Å². The average molecular weight is 235 g/mol. The van der Waals surface area contributed by atoms with Gasteiger partial charge in [0.15, 0.2) is 0 Å². The topological polar surface area (TPSA) is 42.2 Å². The van der Waals surface area contributed by atoms with Gasteiger partial charge in [0.25, 0.3) is 0 Å². The molecule has 0 bridgehead atoms. The first-order valence-corrected chi connectivity index (χ1v) is 6.04. The molecule has 2 rings (SSSR count). The van der Waals surface area contributed by atoms with Crippen molar-refractivity contribution in [2.45, 2.75) is 19.9 Å². The fourth-order valence-corrected chi connectivity index (χ4v) is 2.70. The van der Waals surface area contributed by atoms with E-state index >= 15 is 0 Å². The van der Waals surface area contributed by atoms with Crippen LogP contribution < -0.4 is 0 Å². The number of nitrogens with zero attached hydrogens (tertiary/aromatic N) is 1. The Morgan fingerprint density at radius 3 is 3.00 bits per heavy atom. The largest absolute Gasteiger partial charge is 0.477 e. The highest BCUT2D eigenvalue weighted by Gasteiger charge is 2.10. The molecule has 84 valence electrons. The number of carboxylic acid groups (broad SMARTS) is 1. The van der Waals surface area contributed by atoms with Gasteiger partial charge >= 0.3 is 5.97 Å². The number of thiophene rings is 1. The molecule has 1 N–H and O–H groups in total. The van der Waals surface area contributed by atoms with Crippen LogP contribution >= 0.6 is 11.3 Å². The zero-order chi connectivity index (χ0) is 11.5. The minimum Gasteiger partial charge on any atom is -0.477 e. The number of hydrogen-bond acceptors (Lipinski definition) is 2. The summed E-state index contributed by atoms with van der Waals surface area (Å²) in [5.41, 5.74) is 1.64. The average Bonchev–Trinajstić information content (AvgIpc) is 2.86. The molecule has 0 radical (unpaired) electrons. The summed E-state index contributed by atoms with van der Waals surface area (Å²) in [7, 11) is 0. The molecular weight excluding hydrogens is 222 g/mol. The summed E-state index contributed by atoms with van der Waals surface area (Å²) in [6, 6.07) is 5.49. The van der Waals surface area contributed by atoms with Crippen LogP contribution in [0.1, 0.15) is 27.9 Å². The van der Waals surface area contributed by atoms with E-state index in [1.165, 1.54) is 10.4 Å². The van der Waals surface area contributed by atoms with E-state index in [4.69, 9.17) is 5.11 Å². The van der Waals surface area contributed by atoms with Gasteiger partial charge in [-0.1, -0.05) is 6.92 Å². The summed E-state index contributed by atoms with van der Waals surface area (Å²) < 4.78 is 1.77. The molecule has 16 heavy (non-hydrogen) atoms. The Morgan fingerprint density at radius 2 is 2.31 bits per heavy atom. The normalized spacial score (nSPS) is 10.6. The lowest BCUT2D eigenvalue weighted by atomic mass is 10.2. The quantitative estimate of drug-likeness (QED) is 0.885. The van der Waals surface area contributed by atoms with Gasteiger partial charge in [0.05, 0.1) is 6.54 Å². The SMILES string of the molecule is CCc1ccsc1Cn1cccc1C(=O)O. The smallest absolute Gasteiger partial charge is 0.352 e. The van der Waals surface area contributed by atoms with Gasteiger partial charge in [-0.3, -0.25) is 0 Å². The van der Waals surface area contributed by atoms with Gasteiger partial charge in [0.2, 0.25) is 0 Å². The second kappa shape index (κ2) is 4.53. The van der Waals surface area contributed by atoms with Gasteiger partial charge in [-0.15, -0.1) is 11.3 Å². The molecule has 4 heteroatoms. The van der Waals surface area contributed by atoms with E-state index in [2.05, 4.69) is 18.4 Å². The van der Waals surface area contributed by atoms with Crippen molar-refractivity contribution in [3.05, 3.63) is 45.9 Å². The van der Waals surface area contributed by atoms with Crippen LogP contribution in [-0.4, -0.2) is 15.6 Å². The number of aryl methyl sites for hydroxylation is 1. The molecule has 0 atom stereocenters. The fraction of sp³-hybridized carbons (Fsp3) is 0.250. The van der Waals surface area contributed by atoms with Gasteiger partial charge in [-0.2, -0.15) is 0 Å². The molecule has 0 aliphatic heterocycles. The maximum atomic E-state index is 10.9. The van der Waals surface area contributed by atoms with Crippen molar-refractivity contribution in [1.82, 2.24) is 4.57 Å². The molecule has 2 aromatic heterocycles. The highest BCUT2D eigenvalue weighted by Crippen LogP contribution is 2.19. The van der Waals surface area contributed by atoms with Crippen molar-refractivity contribution in [1.29, 1.82) is 0 Å². The number of aromatic carboxylic acids is 1. The van der Waals surface area contributed by atoms with E-state index in [0.717, 1.165) is 6.42 Å². The predicted octanol–water partition coefficient (Wildman–Crippen LogP) is 2.86. The lowest BCUT2D eigenvalue weighted by molar-refractivity contribution is 0.0686. The molecule has 0 aliphatic carbocycles. The van der Waals surface area contributed by atoms with E-state index in [-0.39, 0.29) is 0 Å². The summed E-state index contributed by atoms with van der Waals surface area (Å²) in [4.78, 5) is 12.2. The third-order valence-electron chi connectivity index (χ3n) is 2.58. The Labute approximate surface area is 98.0 Å². The Bertz CT molecular complexity index is 499. The zero-order valence-electron chi connectivity index (χ0n) is 9.01. The highest BCUT2D eigenvalue weighted by molar-refractivity contribution is 7.10. The van der Waals surface area contributed by atoms with Crippen molar-refractivity contribution < 1.29 is 9.90 Å². The molecule has 0 aromatic carbocycles. The second-order valence-corrected chi connectivity index (χ2v) is 4.55. The van der Waals surface area contributed by atoms with Crippen molar-refractivity contribution in [2.75, 3.05) is 0 Å². The molecule has 0 spiro atoms. The van der Waals surface area contributed by atoms with Gasteiger partial charge in [-0.25, -0.2) is 4.79 Å². The summed E-state index contributed by atoms with van der Waals surface area (Å²) >= 11 is 1.68. The number of carbonyl (C=O) groups is 1. The monoisotopic (exact) mass is 235 g/mol. The van der Waals surface area contributed by atoms with E-state index in [1.54, 1.807) is 28.0 Å².